The number of hydrogen-bond donors (Lipinski definition) is 1. The monoisotopic (exact) mass is 278 g/mol. The van der Waals surface area contributed by atoms with Gasteiger partial charge in [-0.15, -0.1) is 0 Å². The Balaban J connectivity index is 2.08. The van der Waals surface area contributed by atoms with Gasteiger partial charge in [0.25, 0.3) is 0 Å². The molecule has 2 atom stereocenters. The number of rotatable bonds is 1. The fourth-order valence-corrected chi connectivity index (χ4v) is 2.71. The van der Waals surface area contributed by atoms with Crippen LogP contribution in [-0.2, 0) is 0 Å². The maximum absolute atomic E-state index is 13.8. The number of aliphatic hydroxyl groups excluding tert-OH is 1. The number of aliphatic hydroxyl groups is 1. The van der Waals surface area contributed by atoms with Crippen molar-refractivity contribution in [1.29, 1.82) is 0 Å². The van der Waals surface area contributed by atoms with Crippen molar-refractivity contribution in [2.24, 2.45) is 5.92 Å². The van der Waals surface area contributed by atoms with Crippen LogP contribution < -0.4 is 4.90 Å². The Morgan fingerprint density at radius 1 is 1.35 bits per heavy atom. The lowest BCUT2D eigenvalue weighted by Gasteiger charge is -2.36. The summed E-state index contributed by atoms with van der Waals surface area (Å²) in [7, 11) is 0. The Kier molecular flexibility index (Phi) is 3.30. The molecule has 2 aromatic rings. The van der Waals surface area contributed by atoms with Gasteiger partial charge in [0, 0.05) is 36.4 Å². The minimum atomic E-state index is -0.659. The normalized spacial score (nSPS) is 23.3. The summed E-state index contributed by atoms with van der Waals surface area (Å²) in [5.41, 5.74) is 0.886. The first-order chi connectivity index (χ1) is 9.56. The Labute approximate surface area is 115 Å². The van der Waals surface area contributed by atoms with Crippen LogP contribution in [0.5, 0.6) is 0 Å². The van der Waals surface area contributed by atoms with E-state index in [1.807, 2.05) is 11.8 Å². The van der Waals surface area contributed by atoms with E-state index in [4.69, 9.17) is 0 Å². The van der Waals surface area contributed by atoms with Crippen LogP contribution in [0.25, 0.3) is 10.9 Å². The van der Waals surface area contributed by atoms with Crippen molar-refractivity contribution in [2.75, 3.05) is 18.0 Å². The maximum atomic E-state index is 13.8. The zero-order valence-corrected chi connectivity index (χ0v) is 11.2. The van der Waals surface area contributed by atoms with Gasteiger partial charge in [0.1, 0.15) is 11.3 Å². The molecule has 20 heavy (non-hydrogen) atoms. The van der Waals surface area contributed by atoms with E-state index in [9.17, 15) is 13.9 Å². The molecule has 1 aromatic carbocycles. The molecule has 0 spiro atoms. The first-order valence-corrected chi connectivity index (χ1v) is 6.73. The molecule has 3 rings (SSSR count). The summed E-state index contributed by atoms with van der Waals surface area (Å²) in [6.07, 6.45) is 1.94. The Bertz CT molecular complexity index is 647. The van der Waals surface area contributed by atoms with Gasteiger partial charge in [0.15, 0.2) is 5.82 Å². The molecule has 5 heteroatoms. The number of piperidine rings is 1. The topological polar surface area (TPSA) is 36.4 Å². The van der Waals surface area contributed by atoms with Crippen LogP contribution in [0.2, 0.25) is 0 Å². The van der Waals surface area contributed by atoms with Crippen molar-refractivity contribution in [2.45, 2.75) is 19.4 Å². The number of aromatic nitrogens is 1. The van der Waals surface area contributed by atoms with Gasteiger partial charge < -0.3 is 10.0 Å². The van der Waals surface area contributed by atoms with Crippen molar-refractivity contribution in [3.63, 3.8) is 0 Å². The second-order valence-corrected chi connectivity index (χ2v) is 5.39. The third kappa shape index (κ3) is 2.22. The summed E-state index contributed by atoms with van der Waals surface area (Å²) in [6, 6.07) is 3.88. The first-order valence-electron chi connectivity index (χ1n) is 6.73. The predicted octanol–water partition coefficient (Wildman–Crippen LogP) is 2.72. The number of pyridine rings is 1. The highest BCUT2D eigenvalue weighted by Crippen LogP contribution is 2.30. The Morgan fingerprint density at radius 3 is 2.90 bits per heavy atom. The molecule has 1 N–H and O–H groups in total. The number of halogens is 2. The van der Waals surface area contributed by atoms with Crippen LogP contribution in [0.3, 0.4) is 0 Å². The lowest BCUT2D eigenvalue weighted by atomic mass is 9.95. The van der Waals surface area contributed by atoms with E-state index in [0.29, 0.717) is 11.9 Å². The maximum Gasteiger partial charge on any atom is 0.152 e. The van der Waals surface area contributed by atoms with E-state index >= 15 is 0 Å². The molecule has 1 aromatic heterocycles. The fraction of sp³-hybridized carbons (Fsp3) is 0.400. The third-order valence-electron chi connectivity index (χ3n) is 4.00. The first kappa shape index (κ1) is 13.2. The molecule has 106 valence electrons. The van der Waals surface area contributed by atoms with Gasteiger partial charge in [-0.05, 0) is 24.5 Å². The molecule has 1 saturated heterocycles. The number of benzene rings is 1. The van der Waals surface area contributed by atoms with Gasteiger partial charge in [-0.3, -0.25) is 4.98 Å². The van der Waals surface area contributed by atoms with Crippen molar-refractivity contribution < 1.29 is 13.9 Å². The second kappa shape index (κ2) is 4.98. The van der Waals surface area contributed by atoms with Gasteiger partial charge in [-0.25, -0.2) is 8.78 Å². The van der Waals surface area contributed by atoms with E-state index in [1.165, 1.54) is 12.3 Å². The average molecular weight is 278 g/mol. The summed E-state index contributed by atoms with van der Waals surface area (Å²) in [4.78, 5) is 5.95. The molecule has 0 aliphatic carbocycles. The van der Waals surface area contributed by atoms with Crippen LogP contribution in [0.4, 0.5) is 14.5 Å². The summed E-state index contributed by atoms with van der Waals surface area (Å²) in [5.74, 6) is -1.03. The van der Waals surface area contributed by atoms with E-state index < -0.39 is 17.7 Å². The lowest BCUT2D eigenvalue weighted by molar-refractivity contribution is 0.103. The molecule has 1 aliphatic heterocycles. The van der Waals surface area contributed by atoms with Crippen molar-refractivity contribution >= 4 is 16.6 Å². The van der Waals surface area contributed by atoms with E-state index in [-0.39, 0.29) is 11.4 Å². The molecule has 0 bridgehead atoms. The fourth-order valence-electron chi connectivity index (χ4n) is 2.71. The number of hydrogen-bond acceptors (Lipinski definition) is 3. The largest absolute Gasteiger partial charge is 0.391 e. The lowest BCUT2D eigenvalue weighted by Crippen LogP contribution is -2.43. The highest BCUT2D eigenvalue weighted by molar-refractivity contribution is 5.92. The number of β-amino-alcohol motifs (C(OH)–C–C–N with tert-alkyl or cyclic N) is 1. The molecule has 0 saturated carbocycles. The van der Waals surface area contributed by atoms with Crippen molar-refractivity contribution in [3.05, 3.63) is 36.0 Å². The van der Waals surface area contributed by atoms with Gasteiger partial charge in [-0.1, -0.05) is 6.92 Å². The van der Waals surface area contributed by atoms with Gasteiger partial charge in [0.05, 0.1) is 6.10 Å². The quantitative estimate of drug-likeness (QED) is 0.871. The molecular weight excluding hydrogens is 262 g/mol. The molecule has 0 radical (unpaired) electrons. The second-order valence-electron chi connectivity index (χ2n) is 5.39. The summed E-state index contributed by atoms with van der Waals surface area (Å²) in [5, 5.41) is 10.4. The zero-order valence-electron chi connectivity index (χ0n) is 11.2. The van der Waals surface area contributed by atoms with Crippen LogP contribution in [0.15, 0.2) is 24.4 Å². The van der Waals surface area contributed by atoms with E-state index in [2.05, 4.69) is 4.98 Å². The zero-order chi connectivity index (χ0) is 14.3. The molecular formula is C15H16F2N2O. The third-order valence-corrected chi connectivity index (χ3v) is 4.00. The smallest absolute Gasteiger partial charge is 0.152 e. The SMILES string of the molecule is C[C@@H]1CCN(c2ccnc3c(F)cc(F)cc23)C[C@@H]1O. The van der Waals surface area contributed by atoms with E-state index in [0.717, 1.165) is 24.7 Å². The number of nitrogens with zero attached hydrogens (tertiary/aromatic N) is 2. The van der Waals surface area contributed by atoms with E-state index in [1.54, 1.807) is 6.07 Å². The van der Waals surface area contributed by atoms with Gasteiger partial charge in [0.2, 0.25) is 0 Å². The van der Waals surface area contributed by atoms with Crippen LogP contribution in [0.1, 0.15) is 13.3 Å². The minimum absolute atomic E-state index is 0.164. The molecule has 1 aliphatic rings. The molecule has 3 nitrogen and oxygen atoms in total. The Morgan fingerprint density at radius 2 is 2.15 bits per heavy atom. The van der Waals surface area contributed by atoms with Gasteiger partial charge in [-0.2, -0.15) is 0 Å². The van der Waals surface area contributed by atoms with Crippen molar-refractivity contribution in [1.82, 2.24) is 4.98 Å². The standard InChI is InChI=1S/C15H16F2N2O/c1-9-3-5-19(8-14(9)20)13-2-4-18-15-11(13)6-10(16)7-12(15)17/h2,4,6-7,9,14,20H,3,5,8H2,1H3/t9-,14+/m1/s1. The average Bonchev–Trinajstić information content (AvgIpc) is 2.41. The summed E-state index contributed by atoms with van der Waals surface area (Å²) < 4.78 is 27.2. The molecule has 2 heterocycles. The van der Waals surface area contributed by atoms with Gasteiger partial charge >= 0.3 is 0 Å². The molecule has 1 fully saturated rings. The minimum Gasteiger partial charge on any atom is -0.391 e. The van der Waals surface area contributed by atoms with Crippen LogP contribution in [0, 0.1) is 17.6 Å². The Hall–Kier alpha value is -1.75. The number of anilines is 1. The molecule has 0 amide bonds. The predicted molar refractivity (Wildman–Crippen MR) is 73.7 cm³/mol. The van der Waals surface area contributed by atoms with Crippen molar-refractivity contribution in [3.8, 4) is 0 Å². The molecule has 0 unspecified atom stereocenters. The summed E-state index contributed by atoms with van der Waals surface area (Å²) >= 11 is 0. The highest BCUT2D eigenvalue weighted by atomic mass is 19.1. The van der Waals surface area contributed by atoms with Crippen LogP contribution >= 0.6 is 0 Å². The highest BCUT2D eigenvalue weighted by Gasteiger charge is 2.25. The van der Waals surface area contributed by atoms with Crippen LogP contribution in [-0.4, -0.2) is 29.3 Å². The number of fused-ring (bicyclic) bond motifs is 1. The summed E-state index contributed by atoms with van der Waals surface area (Å²) in [6.45, 7) is 3.24.